The Labute approximate surface area is 104 Å². The van der Waals surface area contributed by atoms with Crippen LogP contribution in [0.1, 0.15) is 37.5 Å². The fourth-order valence-corrected chi connectivity index (χ4v) is 2.25. The molecule has 0 fully saturated rings. The van der Waals surface area contributed by atoms with Crippen LogP contribution in [0.3, 0.4) is 0 Å². The Kier molecular flexibility index (Phi) is 3.87. The van der Waals surface area contributed by atoms with Crippen molar-refractivity contribution >= 4 is 23.7 Å². The number of likely N-dealkylation sites (N-methyl/N-ethyl adjacent to an activating group) is 1. The predicted molar refractivity (Wildman–Crippen MR) is 65.0 cm³/mol. The smallest absolute Gasteiger partial charge is 0.332 e. The molecule has 94 valence electrons. The van der Waals surface area contributed by atoms with Gasteiger partial charge >= 0.3 is 5.97 Å². The molecular formula is C11H16N2O3S. The highest BCUT2D eigenvalue weighted by Gasteiger charge is 2.28. The van der Waals surface area contributed by atoms with Crippen LogP contribution in [0.25, 0.3) is 0 Å². The highest BCUT2D eigenvalue weighted by molar-refractivity contribution is 7.09. The number of nitrogens with zero attached hydrogens (tertiary/aromatic N) is 2. The Morgan fingerprint density at radius 2 is 2.18 bits per heavy atom. The van der Waals surface area contributed by atoms with Crippen molar-refractivity contribution in [3.05, 3.63) is 16.1 Å². The van der Waals surface area contributed by atoms with Gasteiger partial charge in [0, 0.05) is 17.8 Å². The van der Waals surface area contributed by atoms with E-state index >= 15 is 0 Å². The van der Waals surface area contributed by atoms with E-state index in [1.807, 2.05) is 20.8 Å². The molecule has 17 heavy (non-hydrogen) atoms. The lowest BCUT2D eigenvalue weighted by atomic mass is 9.98. The van der Waals surface area contributed by atoms with E-state index in [9.17, 15) is 9.59 Å². The molecule has 1 aromatic heterocycles. The van der Waals surface area contributed by atoms with Gasteiger partial charge in [0.05, 0.1) is 10.7 Å². The molecule has 1 atom stereocenters. The first-order valence-electron chi connectivity index (χ1n) is 5.13. The van der Waals surface area contributed by atoms with Crippen molar-refractivity contribution in [3.8, 4) is 0 Å². The zero-order valence-corrected chi connectivity index (χ0v) is 11.1. The first-order chi connectivity index (χ1) is 7.77. The fourth-order valence-electron chi connectivity index (χ4n) is 1.33. The molecule has 0 saturated carbocycles. The van der Waals surface area contributed by atoms with Crippen LogP contribution < -0.4 is 0 Å². The number of rotatable bonds is 4. The van der Waals surface area contributed by atoms with Crippen LogP contribution in [0.4, 0.5) is 0 Å². The van der Waals surface area contributed by atoms with Crippen LogP contribution >= 0.6 is 11.3 Å². The van der Waals surface area contributed by atoms with E-state index < -0.39 is 12.0 Å². The summed E-state index contributed by atoms with van der Waals surface area (Å²) in [6, 6.07) is -1.01. The van der Waals surface area contributed by atoms with Gasteiger partial charge in [-0.2, -0.15) is 0 Å². The monoisotopic (exact) mass is 256 g/mol. The average Bonchev–Trinajstić information content (AvgIpc) is 2.65. The molecule has 1 aromatic rings. The zero-order valence-electron chi connectivity index (χ0n) is 10.3. The van der Waals surface area contributed by atoms with Gasteiger partial charge in [-0.25, -0.2) is 9.78 Å². The summed E-state index contributed by atoms with van der Waals surface area (Å²) in [4.78, 5) is 27.2. The number of hydrogen-bond acceptors (Lipinski definition) is 4. The second-order valence-electron chi connectivity index (χ2n) is 4.84. The number of aliphatic carboxylic acids is 1. The first-order valence-corrected chi connectivity index (χ1v) is 6.01. The standard InChI is InChI=1S/C11H16N2O3S/c1-11(2,3)10-12-7(5-17-10)8(9(15)16)13(4)6-14/h5-6,8H,1-4H3,(H,15,16). The van der Waals surface area contributed by atoms with Crippen molar-refractivity contribution in [1.29, 1.82) is 0 Å². The fraction of sp³-hybridized carbons (Fsp3) is 0.545. The van der Waals surface area contributed by atoms with Crippen LogP contribution in [0.5, 0.6) is 0 Å². The van der Waals surface area contributed by atoms with Crippen molar-refractivity contribution < 1.29 is 14.7 Å². The van der Waals surface area contributed by atoms with E-state index in [2.05, 4.69) is 4.98 Å². The molecule has 1 rings (SSSR count). The molecule has 0 aliphatic carbocycles. The lowest BCUT2D eigenvalue weighted by Gasteiger charge is -2.19. The maximum atomic E-state index is 11.1. The molecule has 0 aliphatic heterocycles. The van der Waals surface area contributed by atoms with E-state index in [0.717, 1.165) is 9.91 Å². The Morgan fingerprint density at radius 3 is 2.53 bits per heavy atom. The minimum atomic E-state index is -1.08. The maximum absolute atomic E-state index is 11.1. The number of thiazole rings is 1. The first kappa shape index (κ1) is 13.6. The molecule has 0 saturated heterocycles. The van der Waals surface area contributed by atoms with Gasteiger partial charge in [-0.3, -0.25) is 4.79 Å². The van der Waals surface area contributed by atoms with Crippen LogP contribution in [0.2, 0.25) is 0 Å². The number of carboxylic acids is 1. The molecule has 0 radical (unpaired) electrons. The maximum Gasteiger partial charge on any atom is 0.332 e. The average molecular weight is 256 g/mol. The molecule has 5 nitrogen and oxygen atoms in total. The molecule has 1 N–H and O–H groups in total. The summed E-state index contributed by atoms with van der Waals surface area (Å²) in [7, 11) is 1.43. The van der Waals surface area contributed by atoms with E-state index in [4.69, 9.17) is 5.11 Å². The molecule has 1 heterocycles. The minimum Gasteiger partial charge on any atom is -0.479 e. The lowest BCUT2D eigenvalue weighted by Crippen LogP contribution is -2.30. The molecule has 1 amide bonds. The predicted octanol–water partition coefficient (Wildman–Crippen LogP) is 1.65. The van der Waals surface area contributed by atoms with Crippen LogP contribution in [-0.4, -0.2) is 34.4 Å². The SMILES string of the molecule is CN(C=O)C(C(=O)O)c1csc(C(C)(C)C)n1. The minimum absolute atomic E-state index is 0.119. The third-order valence-corrected chi connectivity index (χ3v) is 3.54. The highest BCUT2D eigenvalue weighted by Crippen LogP contribution is 2.29. The van der Waals surface area contributed by atoms with Crippen molar-refractivity contribution in [2.24, 2.45) is 0 Å². The molecule has 0 aromatic carbocycles. The van der Waals surface area contributed by atoms with Crippen LogP contribution in [0, 0.1) is 0 Å². The van der Waals surface area contributed by atoms with Crippen molar-refractivity contribution in [3.63, 3.8) is 0 Å². The largest absolute Gasteiger partial charge is 0.479 e. The second-order valence-corrected chi connectivity index (χ2v) is 5.70. The van der Waals surface area contributed by atoms with Gasteiger partial charge in [0.2, 0.25) is 6.41 Å². The summed E-state index contributed by atoms with van der Waals surface area (Å²) in [5.74, 6) is -1.08. The number of carboxylic acid groups (broad SMARTS) is 1. The molecule has 0 aliphatic rings. The number of hydrogen-bond donors (Lipinski definition) is 1. The van der Waals surface area contributed by atoms with Gasteiger partial charge in [0.25, 0.3) is 0 Å². The van der Waals surface area contributed by atoms with Crippen molar-refractivity contribution in [1.82, 2.24) is 9.88 Å². The van der Waals surface area contributed by atoms with Crippen LogP contribution in [-0.2, 0) is 15.0 Å². The van der Waals surface area contributed by atoms with E-state index in [0.29, 0.717) is 12.1 Å². The normalized spacial score (nSPS) is 13.2. The molecule has 0 spiro atoms. The molecule has 0 bridgehead atoms. The quantitative estimate of drug-likeness (QED) is 0.832. The molecule has 6 heteroatoms. The van der Waals surface area contributed by atoms with Gasteiger partial charge in [0.1, 0.15) is 0 Å². The van der Waals surface area contributed by atoms with Crippen molar-refractivity contribution in [2.45, 2.75) is 32.2 Å². The van der Waals surface area contributed by atoms with Gasteiger partial charge in [-0.15, -0.1) is 11.3 Å². The van der Waals surface area contributed by atoms with Crippen molar-refractivity contribution in [2.75, 3.05) is 7.05 Å². The summed E-state index contributed by atoms with van der Waals surface area (Å²) >= 11 is 1.41. The number of carbonyl (C=O) groups is 2. The topological polar surface area (TPSA) is 70.5 Å². The number of aromatic nitrogens is 1. The highest BCUT2D eigenvalue weighted by atomic mass is 32.1. The van der Waals surface area contributed by atoms with E-state index in [1.165, 1.54) is 18.4 Å². The molecular weight excluding hydrogens is 240 g/mol. The summed E-state index contributed by atoms with van der Waals surface area (Å²) in [5.41, 5.74) is 0.285. The molecule has 1 unspecified atom stereocenters. The van der Waals surface area contributed by atoms with E-state index in [1.54, 1.807) is 5.38 Å². The Hall–Kier alpha value is -1.43. The van der Waals surface area contributed by atoms with Gasteiger partial charge in [0.15, 0.2) is 6.04 Å². The van der Waals surface area contributed by atoms with E-state index in [-0.39, 0.29) is 5.41 Å². The van der Waals surface area contributed by atoms with Gasteiger partial charge in [-0.05, 0) is 0 Å². The second kappa shape index (κ2) is 4.83. The third kappa shape index (κ3) is 3.03. The number of amides is 1. The summed E-state index contributed by atoms with van der Waals surface area (Å²) in [6.07, 6.45) is 0.495. The number of carbonyl (C=O) groups excluding carboxylic acids is 1. The third-order valence-electron chi connectivity index (χ3n) is 2.25. The zero-order chi connectivity index (χ0) is 13.2. The Bertz CT molecular complexity index is 423. The Morgan fingerprint density at radius 1 is 1.59 bits per heavy atom. The summed E-state index contributed by atoms with van der Waals surface area (Å²) in [5, 5.41) is 11.7. The lowest BCUT2D eigenvalue weighted by molar-refractivity contribution is -0.146. The summed E-state index contributed by atoms with van der Waals surface area (Å²) < 4.78 is 0. The summed E-state index contributed by atoms with van der Waals surface area (Å²) in [6.45, 7) is 6.03. The Balaban J connectivity index is 3.09. The van der Waals surface area contributed by atoms with Gasteiger partial charge < -0.3 is 10.0 Å². The van der Waals surface area contributed by atoms with Gasteiger partial charge in [-0.1, -0.05) is 20.8 Å². The van der Waals surface area contributed by atoms with Crippen LogP contribution in [0.15, 0.2) is 5.38 Å².